The molecule has 1 aliphatic heterocycles. The number of rotatable bonds is 2. The fraction of sp³-hybridized carbons (Fsp3) is 0.462. The van der Waals surface area contributed by atoms with Crippen LogP contribution < -0.4 is 0 Å². The fourth-order valence-corrected chi connectivity index (χ4v) is 1.83. The van der Waals surface area contributed by atoms with Gasteiger partial charge in [0.05, 0.1) is 6.54 Å². The molecule has 16 heavy (non-hydrogen) atoms. The molecule has 0 N–H and O–H groups in total. The molecule has 1 saturated heterocycles. The zero-order valence-corrected chi connectivity index (χ0v) is 9.77. The van der Waals surface area contributed by atoms with E-state index in [9.17, 15) is 4.79 Å². The summed E-state index contributed by atoms with van der Waals surface area (Å²) in [7, 11) is 0. The third kappa shape index (κ3) is 2.61. The Hall–Kier alpha value is -1.35. The lowest BCUT2D eigenvalue weighted by atomic mass is 10.1. The zero-order chi connectivity index (χ0) is 11.5. The number of carbonyl (C=O) groups excluding carboxylic acids is 1. The second-order valence-electron chi connectivity index (χ2n) is 4.42. The Balaban J connectivity index is 2.02. The maximum Gasteiger partial charge on any atom is 0.320 e. The maximum absolute atomic E-state index is 11.2. The lowest BCUT2D eigenvalue weighted by molar-refractivity contribution is -0.154. The minimum Gasteiger partial charge on any atom is -0.463 e. The highest BCUT2D eigenvalue weighted by Crippen LogP contribution is 2.13. The minimum atomic E-state index is -0.120. The molecule has 3 nitrogen and oxygen atoms in total. The van der Waals surface area contributed by atoms with Crippen LogP contribution in [0.1, 0.15) is 18.1 Å². The van der Waals surface area contributed by atoms with Crippen molar-refractivity contribution < 1.29 is 9.53 Å². The number of hydrogen-bond acceptors (Lipinski definition) is 3. The molecule has 1 aromatic carbocycles. The van der Waals surface area contributed by atoms with Crippen LogP contribution >= 0.6 is 0 Å². The van der Waals surface area contributed by atoms with E-state index < -0.39 is 0 Å². The minimum absolute atomic E-state index is 0.120. The molecule has 1 aliphatic rings. The van der Waals surface area contributed by atoms with Crippen LogP contribution in [0.2, 0.25) is 0 Å². The number of ether oxygens (including phenoxy) is 1. The van der Waals surface area contributed by atoms with E-state index in [0.29, 0.717) is 19.2 Å². The first-order chi connectivity index (χ1) is 7.65. The smallest absolute Gasteiger partial charge is 0.320 e. The van der Waals surface area contributed by atoms with Crippen molar-refractivity contribution in [3.63, 3.8) is 0 Å². The van der Waals surface area contributed by atoms with Gasteiger partial charge in [0.25, 0.3) is 0 Å². The van der Waals surface area contributed by atoms with E-state index in [1.165, 1.54) is 11.1 Å². The second-order valence-corrected chi connectivity index (χ2v) is 4.42. The average Bonchev–Trinajstić information content (AvgIpc) is 2.27. The highest BCUT2D eigenvalue weighted by atomic mass is 16.5. The van der Waals surface area contributed by atoms with Gasteiger partial charge >= 0.3 is 5.97 Å². The summed E-state index contributed by atoms with van der Waals surface area (Å²) in [5.74, 6) is -0.120. The van der Waals surface area contributed by atoms with E-state index >= 15 is 0 Å². The molecule has 86 valence electrons. The molecule has 1 unspecified atom stereocenters. The third-order valence-corrected chi connectivity index (χ3v) is 2.95. The van der Waals surface area contributed by atoms with E-state index in [1.807, 2.05) is 0 Å². The zero-order valence-electron chi connectivity index (χ0n) is 9.77. The van der Waals surface area contributed by atoms with Crippen LogP contribution in [0.3, 0.4) is 0 Å². The van der Waals surface area contributed by atoms with Gasteiger partial charge in [-0.05, 0) is 19.4 Å². The second kappa shape index (κ2) is 4.66. The van der Waals surface area contributed by atoms with E-state index in [1.54, 1.807) is 0 Å². The van der Waals surface area contributed by atoms with E-state index in [4.69, 9.17) is 4.74 Å². The van der Waals surface area contributed by atoms with Crippen molar-refractivity contribution >= 4 is 5.97 Å². The predicted molar refractivity (Wildman–Crippen MR) is 62.0 cm³/mol. The summed E-state index contributed by atoms with van der Waals surface area (Å²) in [6.07, 6.45) is 0. The molecule has 0 bridgehead atoms. The van der Waals surface area contributed by atoms with Gasteiger partial charge in [0.2, 0.25) is 0 Å². The molecule has 1 fully saturated rings. The monoisotopic (exact) mass is 219 g/mol. The molecule has 1 atom stereocenters. The average molecular weight is 219 g/mol. The molecule has 0 aromatic heterocycles. The summed E-state index contributed by atoms with van der Waals surface area (Å²) in [6.45, 7) is 5.88. The Morgan fingerprint density at radius 2 is 2.06 bits per heavy atom. The Labute approximate surface area is 96.0 Å². The number of carbonyl (C=O) groups is 1. The van der Waals surface area contributed by atoms with Crippen LogP contribution in [-0.4, -0.2) is 30.1 Å². The van der Waals surface area contributed by atoms with Gasteiger partial charge in [-0.25, -0.2) is 0 Å². The molecular weight excluding hydrogens is 202 g/mol. The molecule has 0 saturated carbocycles. The Morgan fingerprint density at radius 3 is 2.75 bits per heavy atom. The molecule has 0 radical (unpaired) electrons. The van der Waals surface area contributed by atoms with Crippen LogP contribution in [0.25, 0.3) is 0 Å². The summed E-state index contributed by atoms with van der Waals surface area (Å²) >= 11 is 0. The summed E-state index contributed by atoms with van der Waals surface area (Å²) in [5.41, 5.74) is 2.50. The van der Waals surface area contributed by atoms with Crippen LogP contribution in [0.5, 0.6) is 0 Å². The quantitative estimate of drug-likeness (QED) is 0.710. The van der Waals surface area contributed by atoms with Crippen molar-refractivity contribution in [1.29, 1.82) is 0 Å². The van der Waals surface area contributed by atoms with Gasteiger partial charge < -0.3 is 4.74 Å². The van der Waals surface area contributed by atoms with Crippen LogP contribution in [0.4, 0.5) is 0 Å². The van der Waals surface area contributed by atoms with Crippen molar-refractivity contribution in [3.05, 3.63) is 35.4 Å². The van der Waals surface area contributed by atoms with Gasteiger partial charge in [-0.3, -0.25) is 9.69 Å². The molecule has 0 spiro atoms. The van der Waals surface area contributed by atoms with Gasteiger partial charge in [0.1, 0.15) is 6.61 Å². The molecular formula is C13H17NO2. The van der Waals surface area contributed by atoms with E-state index in [-0.39, 0.29) is 5.97 Å². The van der Waals surface area contributed by atoms with Gasteiger partial charge in [-0.15, -0.1) is 0 Å². The maximum atomic E-state index is 11.2. The van der Waals surface area contributed by atoms with E-state index in [0.717, 1.165) is 6.54 Å². The third-order valence-electron chi connectivity index (χ3n) is 2.95. The summed E-state index contributed by atoms with van der Waals surface area (Å²) in [4.78, 5) is 13.3. The van der Waals surface area contributed by atoms with Gasteiger partial charge in [0.15, 0.2) is 0 Å². The number of aryl methyl sites for hydroxylation is 1. The Morgan fingerprint density at radius 1 is 1.38 bits per heavy atom. The van der Waals surface area contributed by atoms with Crippen molar-refractivity contribution in [3.8, 4) is 0 Å². The van der Waals surface area contributed by atoms with Crippen molar-refractivity contribution in [2.75, 3.05) is 13.2 Å². The molecule has 3 heteroatoms. The predicted octanol–water partition coefficient (Wildman–Crippen LogP) is 1.74. The largest absolute Gasteiger partial charge is 0.463 e. The molecule has 0 amide bonds. The van der Waals surface area contributed by atoms with Crippen LogP contribution in [0.15, 0.2) is 24.3 Å². The summed E-state index contributed by atoms with van der Waals surface area (Å²) in [5, 5.41) is 0. The number of hydrogen-bond donors (Lipinski definition) is 0. The number of esters is 1. The number of morpholine rings is 1. The molecule has 0 aliphatic carbocycles. The topological polar surface area (TPSA) is 29.5 Å². The normalized spacial score (nSPS) is 21.9. The van der Waals surface area contributed by atoms with Gasteiger partial charge in [-0.2, -0.15) is 0 Å². The summed E-state index contributed by atoms with van der Waals surface area (Å²) in [6, 6.07) is 8.73. The number of cyclic esters (lactones) is 1. The molecule has 1 aromatic rings. The van der Waals surface area contributed by atoms with Crippen LogP contribution in [-0.2, 0) is 16.1 Å². The Kier molecular flexibility index (Phi) is 3.25. The number of benzene rings is 1. The lowest BCUT2D eigenvalue weighted by Gasteiger charge is -2.32. The first-order valence-electron chi connectivity index (χ1n) is 5.60. The van der Waals surface area contributed by atoms with Gasteiger partial charge in [0, 0.05) is 12.6 Å². The van der Waals surface area contributed by atoms with Crippen molar-refractivity contribution in [2.24, 2.45) is 0 Å². The van der Waals surface area contributed by atoms with E-state index in [2.05, 4.69) is 43.0 Å². The first-order valence-corrected chi connectivity index (χ1v) is 5.60. The SMILES string of the molecule is Cc1ccc(CN2CC(=O)OCC2C)cc1. The van der Waals surface area contributed by atoms with Crippen molar-refractivity contribution in [1.82, 2.24) is 4.90 Å². The fourth-order valence-electron chi connectivity index (χ4n) is 1.83. The Bertz CT molecular complexity index is 372. The lowest BCUT2D eigenvalue weighted by Crippen LogP contribution is -2.45. The molecule has 1 heterocycles. The standard InChI is InChI=1S/C13H17NO2/c1-10-3-5-12(6-4-10)7-14-8-13(15)16-9-11(14)2/h3-6,11H,7-9H2,1-2H3. The highest BCUT2D eigenvalue weighted by Gasteiger charge is 2.24. The van der Waals surface area contributed by atoms with Crippen LogP contribution in [0, 0.1) is 6.92 Å². The first kappa shape index (κ1) is 11.1. The van der Waals surface area contributed by atoms with Gasteiger partial charge in [-0.1, -0.05) is 29.8 Å². The van der Waals surface area contributed by atoms with Crippen molar-refractivity contribution in [2.45, 2.75) is 26.4 Å². The highest BCUT2D eigenvalue weighted by molar-refractivity contribution is 5.72. The number of nitrogens with zero attached hydrogens (tertiary/aromatic N) is 1. The molecule has 2 rings (SSSR count). The summed E-state index contributed by atoms with van der Waals surface area (Å²) < 4.78 is 5.00.